The standard InChI is InChI=1S/C20H24N4O2/c1-14-15-9-17(12-22-11-15)26-13-20(25)24(3)8-4-7-23-16-5-6-19(21-2)18(14)10-16/h5-6,9-12,21,23H,1,4,7-8,13H2,2-3H3. The summed E-state index contributed by atoms with van der Waals surface area (Å²) in [7, 11) is 3.68. The average Bonchev–Trinajstić information content (AvgIpc) is 2.68. The number of pyridine rings is 1. The highest BCUT2D eigenvalue weighted by atomic mass is 16.5. The van der Waals surface area contributed by atoms with Crippen LogP contribution in [-0.4, -0.2) is 49.6 Å². The third-order valence-electron chi connectivity index (χ3n) is 4.46. The van der Waals surface area contributed by atoms with E-state index < -0.39 is 0 Å². The molecule has 0 atom stereocenters. The molecule has 3 rings (SSSR count). The number of benzene rings is 1. The lowest BCUT2D eigenvalue weighted by atomic mass is 9.98. The first-order chi connectivity index (χ1) is 12.6. The third kappa shape index (κ3) is 3.96. The number of amides is 1. The second kappa shape index (κ2) is 7.91. The van der Waals surface area contributed by atoms with E-state index in [0.717, 1.165) is 41.0 Å². The van der Waals surface area contributed by atoms with Crippen molar-refractivity contribution in [1.82, 2.24) is 9.88 Å². The molecule has 2 heterocycles. The predicted octanol–water partition coefficient (Wildman–Crippen LogP) is 2.84. The van der Waals surface area contributed by atoms with Crippen LogP contribution in [0.1, 0.15) is 17.5 Å². The molecule has 0 unspecified atom stereocenters. The van der Waals surface area contributed by atoms with E-state index in [1.807, 2.05) is 25.2 Å². The van der Waals surface area contributed by atoms with Gasteiger partial charge >= 0.3 is 0 Å². The van der Waals surface area contributed by atoms with Crippen LogP contribution in [0.15, 0.2) is 43.2 Å². The van der Waals surface area contributed by atoms with Gasteiger partial charge in [0.1, 0.15) is 5.75 Å². The quantitative estimate of drug-likeness (QED) is 0.826. The number of nitrogens with zero attached hydrogens (tertiary/aromatic N) is 2. The van der Waals surface area contributed by atoms with E-state index in [4.69, 9.17) is 4.74 Å². The molecule has 1 aromatic carbocycles. The van der Waals surface area contributed by atoms with Crippen LogP contribution in [0, 0.1) is 0 Å². The van der Waals surface area contributed by atoms with Gasteiger partial charge in [0.25, 0.3) is 5.91 Å². The average molecular weight is 352 g/mol. The second-order valence-corrected chi connectivity index (χ2v) is 6.28. The van der Waals surface area contributed by atoms with Gasteiger partial charge in [0.05, 0.1) is 6.20 Å². The molecule has 1 amide bonds. The van der Waals surface area contributed by atoms with Crippen molar-refractivity contribution in [1.29, 1.82) is 0 Å². The molecule has 2 N–H and O–H groups in total. The maximum Gasteiger partial charge on any atom is 0.260 e. The summed E-state index contributed by atoms with van der Waals surface area (Å²) in [4.78, 5) is 18.1. The molecule has 0 fully saturated rings. The van der Waals surface area contributed by atoms with Crippen molar-refractivity contribution in [3.8, 4) is 5.75 Å². The Morgan fingerprint density at radius 2 is 2.15 bits per heavy atom. The van der Waals surface area contributed by atoms with Gasteiger partial charge in [0.15, 0.2) is 6.61 Å². The lowest BCUT2D eigenvalue weighted by Crippen LogP contribution is -2.33. The number of hydrogen-bond acceptors (Lipinski definition) is 5. The third-order valence-corrected chi connectivity index (χ3v) is 4.46. The number of likely N-dealkylation sites (N-methyl/N-ethyl adjacent to an activating group) is 1. The van der Waals surface area contributed by atoms with Crippen LogP contribution in [0.2, 0.25) is 0 Å². The summed E-state index contributed by atoms with van der Waals surface area (Å²) in [5.41, 5.74) is 4.70. The molecule has 26 heavy (non-hydrogen) atoms. The monoisotopic (exact) mass is 352 g/mol. The van der Waals surface area contributed by atoms with Crippen LogP contribution in [0.25, 0.3) is 5.57 Å². The van der Waals surface area contributed by atoms with E-state index in [-0.39, 0.29) is 12.5 Å². The fourth-order valence-electron chi connectivity index (χ4n) is 2.87. The van der Waals surface area contributed by atoms with Crippen LogP contribution >= 0.6 is 0 Å². The zero-order chi connectivity index (χ0) is 18.5. The molecule has 0 aliphatic carbocycles. The smallest absolute Gasteiger partial charge is 0.260 e. The van der Waals surface area contributed by atoms with Crippen LogP contribution < -0.4 is 15.4 Å². The summed E-state index contributed by atoms with van der Waals surface area (Å²) < 4.78 is 5.64. The van der Waals surface area contributed by atoms with Gasteiger partial charge in [-0.15, -0.1) is 0 Å². The molecule has 0 radical (unpaired) electrons. The van der Waals surface area contributed by atoms with Gasteiger partial charge in [-0.3, -0.25) is 9.78 Å². The number of aromatic nitrogens is 1. The topological polar surface area (TPSA) is 66.5 Å². The second-order valence-electron chi connectivity index (χ2n) is 6.28. The van der Waals surface area contributed by atoms with E-state index in [0.29, 0.717) is 12.3 Å². The summed E-state index contributed by atoms with van der Waals surface area (Å²) in [5.74, 6) is 0.502. The highest BCUT2D eigenvalue weighted by molar-refractivity contribution is 5.86. The Labute approximate surface area is 153 Å². The Bertz CT molecular complexity index is 819. The molecule has 6 heteroatoms. The molecule has 1 aliphatic heterocycles. The van der Waals surface area contributed by atoms with Crippen molar-refractivity contribution in [2.45, 2.75) is 6.42 Å². The normalized spacial score (nSPS) is 15.4. The lowest BCUT2D eigenvalue weighted by molar-refractivity contribution is -0.132. The van der Waals surface area contributed by atoms with Gasteiger partial charge in [0.2, 0.25) is 0 Å². The van der Waals surface area contributed by atoms with Crippen LogP contribution in [0.4, 0.5) is 11.4 Å². The molecular weight excluding hydrogens is 328 g/mol. The van der Waals surface area contributed by atoms with E-state index in [1.165, 1.54) is 0 Å². The molecule has 136 valence electrons. The van der Waals surface area contributed by atoms with Gasteiger partial charge in [-0.1, -0.05) is 6.58 Å². The molecule has 2 aromatic rings. The SMILES string of the molecule is C=C1c2cncc(c2)OCC(=O)N(C)CCCNc2ccc(NC)c1c2. The van der Waals surface area contributed by atoms with Crippen molar-refractivity contribution >= 4 is 22.9 Å². The van der Waals surface area contributed by atoms with Crippen molar-refractivity contribution in [2.75, 3.05) is 44.4 Å². The first-order valence-electron chi connectivity index (χ1n) is 8.65. The summed E-state index contributed by atoms with van der Waals surface area (Å²) in [6.07, 6.45) is 4.21. The van der Waals surface area contributed by atoms with Crippen LogP contribution in [0.3, 0.4) is 0 Å². The summed E-state index contributed by atoms with van der Waals surface area (Å²) >= 11 is 0. The van der Waals surface area contributed by atoms with E-state index in [1.54, 1.807) is 24.3 Å². The van der Waals surface area contributed by atoms with Gasteiger partial charge < -0.3 is 20.3 Å². The van der Waals surface area contributed by atoms with Crippen molar-refractivity contribution in [3.63, 3.8) is 0 Å². The van der Waals surface area contributed by atoms with Crippen molar-refractivity contribution in [3.05, 3.63) is 54.4 Å². The van der Waals surface area contributed by atoms with Crippen molar-refractivity contribution < 1.29 is 9.53 Å². The number of rotatable bonds is 1. The lowest BCUT2D eigenvalue weighted by Gasteiger charge is -2.17. The number of ether oxygens (including phenoxy) is 1. The predicted molar refractivity (Wildman–Crippen MR) is 105 cm³/mol. The minimum atomic E-state index is -0.0536. The molecular formula is C20H24N4O2. The number of anilines is 2. The molecule has 0 saturated heterocycles. The molecule has 4 bridgehead atoms. The Kier molecular flexibility index (Phi) is 5.41. The zero-order valence-corrected chi connectivity index (χ0v) is 15.2. The zero-order valence-electron chi connectivity index (χ0n) is 15.2. The minimum absolute atomic E-state index is 0.00292. The highest BCUT2D eigenvalue weighted by Gasteiger charge is 2.13. The minimum Gasteiger partial charge on any atom is -0.482 e. The fourth-order valence-corrected chi connectivity index (χ4v) is 2.87. The highest BCUT2D eigenvalue weighted by Crippen LogP contribution is 2.31. The Morgan fingerprint density at radius 1 is 1.31 bits per heavy atom. The molecule has 0 saturated carbocycles. The Hall–Kier alpha value is -3.02. The maximum absolute atomic E-state index is 12.2. The van der Waals surface area contributed by atoms with Gasteiger partial charge in [-0.2, -0.15) is 0 Å². The van der Waals surface area contributed by atoms with Crippen LogP contribution in [0.5, 0.6) is 5.75 Å². The number of nitrogens with one attached hydrogen (secondary N) is 2. The maximum atomic E-state index is 12.2. The van der Waals surface area contributed by atoms with E-state index in [2.05, 4.69) is 28.3 Å². The molecule has 1 aromatic heterocycles. The number of hydrogen-bond donors (Lipinski definition) is 2. The van der Waals surface area contributed by atoms with Gasteiger partial charge in [0, 0.05) is 55.9 Å². The Balaban J connectivity index is 1.99. The largest absolute Gasteiger partial charge is 0.482 e. The van der Waals surface area contributed by atoms with E-state index in [9.17, 15) is 4.79 Å². The number of carbonyl (C=O) groups excluding carboxylic acids is 1. The number of fused-ring (bicyclic) bond motifs is 4. The van der Waals surface area contributed by atoms with Gasteiger partial charge in [-0.25, -0.2) is 0 Å². The Morgan fingerprint density at radius 3 is 2.96 bits per heavy atom. The fraction of sp³-hybridized carbons (Fsp3) is 0.300. The van der Waals surface area contributed by atoms with Crippen molar-refractivity contribution in [2.24, 2.45) is 0 Å². The summed E-state index contributed by atoms with van der Waals surface area (Å²) in [6.45, 7) is 5.69. The number of carbonyl (C=O) groups is 1. The first-order valence-corrected chi connectivity index (χ1v) is 8.65. The van der Waals surface area contributed by atoms with Crippen LogP contribution in [-0.2, 0) is 4.79 Å². The van der Waals surface area contributed by atoms with Gasteiger partial charge in [-0.05, 0) is 36.3 Å². The molecule has 1 aliphatic rings. The molecule has 0 spiro atoms. The summed E-state index contributed by atoms with van der Waals surface area (Å²) in [5, 5.41) is 6.62. The van der Waals surface area contributed by atoms with E-state index >= 15 is 0 Å². The summed E-state index contributed by atoms with van der Waals surface area (Å²) in [6, 6.07) is 8.01. The first kappa shape index (κ1) is 17.8. The molecule has 6 nitrogen and oxygen atoms in total.